The van der Waals surface area contributed by atoms with Crippen molar-refractivity contribution >= 4 is 15.9 Å². The second-order valence-corrected chi connectivity index (χ2v) is 6.13. The first-order valence-electron chi connectivity index (χ1n) is 6.89. The smallest absolute Gasteiger partial charge is 0.127 e. The second kappa shape index (κ2) is 6.18. The summed E-state index contributed by atoms with van der Waals surface area (Å²) in [7, 11) is 1.68. The normalized spacial score (nSPS) is 20.7. The van der Waals surface area contributed by atoms with Crippen LogP contribution in [0.3, 0.4) is 0 Å². The number of methoxy groups -OCH3 is 1. The maximum atomic E-state index is 10.3. The molecule has 0 radical (unpaired) electrons. The van der Waals surface area contributed by atoms with Crippen LogP contribution in [0.25, 0.3) is 0 Å². The van der Waals surface area contributed by atoms with Gasteiger partial charge in [0.15, 0.2) is 0 Å². The van der Waals surface area contributed by atoms with Crippen LogP contribution in [-0.2, 0) is 11.3 Å². The molecule has 2 aromatic rings. The summed E-state index contributed by atoms with van der Waals surface area (Å²) < 4.78 is 12.2. The number of fused-ring (bicyclic) bond motifs is 1. The maximum absolute atomic E-state index is 10.3. The summed E-state index contributed by atoms with van der Waals surface area (Å²) in [6, 6.07) is 13.9. The highest BCUT2D eigenvalue weighted by Gasteiger charge is 2.28. The summed E-state index contributed by atoms with van der Waals surface area (Å²) in [6.07, 6.45) is -0.0815. The first-order chi connectivity index (χ1) is 10.2. The minimum Gasteiger partial charge on any atom is -0.485 e. The van der Waals surface area contributed by atoms with Gasteiger partial charge in [-0.1, -0.05) is 40.2 Å². The average Bonchev–Trinajstić information content (AvgIpc) is 2.47. The molecular formula is C17H17BrO3. The highest BCUT2D eigenvalue weighted by molar-refractivity contribution is 9.10. The van der Waals surface area contributed by atoms with Crippen LogP contribution in [0, 0.1) is 0 Å². The number of rotatable bonds is 3. The van der Waals surface area contributed by atoms with Crippen molar-refractivity contribution in [1.82, 2.24) is 0 Å². The Hall–Kier alpha value is -1.36. The van der Waals surface area contributed by atoms with E-state index in [1.54, 1.807) is 7.11 Å². The molecule has 1 unspecified atom stereocenters. The zero-order chi connectivity index (χ0) is 14.8. The topological polar surface area (TPSA) is 38.7 Å². The first kappa shape index (κ1) is 14.6. The van der Waals surface area contributed by atoms with E-state index in [2.05, 4.69) is 22.0 Å². The predicted octanol–water partition coefficient (Wildman–Crippen LogP) is 4.15. The van der Waals surface area contributed by atoms with Gasteiger partial charge in [-0.05, 0) is 29.3 Å². The molecule has 0 bridgehead atoms. The molecule has 110 valence electrons. The number of aliphatic hydroxyl groups is 1. The number of benzene rings is 2. The van der Waals surface area contributed by atoms with Crippen molar-refractivity contribution in [3.63, 3.8) is 0 Å². The van der Waals surface area contributed by atoms with Gasteiger partial charge in [0.2, 0.25) is 0 Å². The molecule has 0 aromatic heterocycles. The molecule has 0 saturated carbocycles. The Balaban J connectivity index is 1.89. The van der Waals surface area contributed by atoms with E-state index >= 15 is 0 Å². The monoisotopic (exact) mass is 348 g/mol. The van der Waals surface area contributed by atoms with Gasteiger partial charge in [0.25, 0.3) is 0 Å². The van der Waals surface area contributed by atoms with Crippen molar-refractivity contribution in [1.29, 1.82) is 0 Å². The van der Waals surface area contributed by atoms with Gasteiger partial charge in [0.05, 0.1) is 12.7 Å². The van der Waals surface area contributed by atoms with Crippen LogP contribution in [-0.4, -0.2) is 12.2 Å². The molecule has 0 aliphatic carbocycles. The molecule has 2 aromatic carbocycles. The fourth-order valence-corrected chi connectivity index (χ4v) is 3.01. The molecule has 0 fully saturated rings. The molecule has 1 heterocycles. The SMILES string of the molecule is COCc1cccc(C2C[C@@H](O)c3ccc(Br)cc3O2)c1. The highest BCUT2D eigenvalue weighted by atomic mass is 79.9. The van der Waals surface area contributed by atoms with Gasteiger partial charge in [0, 0.05) is 23.6 Å². The third kappa shape index (κ3) is 3.12. The van der Waals surface area contributed by atoms with Crippen molar-refractivity contribution in [2.24, 2.45) is 0 Å². The lowest BCUT2D eigenvalue weighted by Gasteiger charge is -2.30. The second-order valence-electron chi connectivity index (χ2n) is 5.22. The van der Waals surface area contributed by atoms with Crippen LogP contribution >= 0.6 is 15.9 Å². The zero-order valence-corrected chi connectivity index (χ0v) is 13.3. The Kier molecular flexibility index (Phi) is 4.29. The lowest BCUT2D eigenvalue weighted by molar-refractivity contribution is 0.0655. The summed E-state index contributed by atoms with van der Waals surface area (Å²) in [5, 5.41) is 10.3. The van der Waals surface area contributed by atoms with Gasteiger partial charge in [-0.2, -0.15) is 0 Å². The first-order valence-corrected chi connectivity index (χ1v) is 7.68. The fraction of sp³-hybridized carbons (Fsp3) is 0.294. The molecule has 1 N–H and O–H groups in total. The van der Waals surface area contributed by atoms with Gasteiger partial charge < -0.3 is 14.6 Å². The number of halogens is 1. The van der Waals surface area contributed by atoms with Crippen LogP contribution < -0.4 is 4.74 Å². The van der Waals surface area contributed by atoms with Gasteiger partial charge in [-0.15, -0.1) is 0 Å². The minimum absolute atomic E-state index is 0.140. The van der Waals surface area contributed by atoms with Gasteiger partial charge in [-0.3, -0.25) is 0 Å². The summed E-state index contributed by atoms with van der Waals surface area (Å²) in [5.41, 5.74) is 3.02. The molecule has 0 amide bonds. The molecule has 21 heavy (non-hydrogen) atoms. The van der Waals surface area contributed by atoms with Crippen LogP contribution in [0.1, 0.15) is 35.3 Å². The van der Waals surface area contributed by atoms with Gasteiger partial charge >= 0.3 is 0 Å². The third-order valence-electron chi connectivity index (χ3n) is 3.67. The van der Waals surface area contributed by atoms with E-state index in [0.29, 0.717) is 13.0 Å². The maximum Gasteiger partial charge on any atom is 0.127 e. The quantitative estimate of drug-likeness (QED) is 0.905. The molecule has 1 aliphatic heterocycles. The molecule has 3 nitrogen and oxygen atoms in total. The van der Waals surface area contributed by atoms with Crippen LogP contribution in [0.2, 0.25) is 0 Å². The Morgan fingerprint density at radius 1 is 1.29 bits per heavy atom. The molecule has 2 atom stereocenters. The molecular weight excluding hydrogens is 332 g/mol. The van der Waals surface area contributed by atoms with Crippen LogP contribution in [0.4, 0.5) is 0 Å². The van der Waals surface area contributed by atoms with E-state index in [1.165, 1.54) is 0 Å². The summed E-state index contributed by atoms with van der Waals surface area (Å²) in [5.74, 6) is 0.741. The van der Waals surface area contributed by atoms with Crippen molar-refractivity contribution in [3.05, 3.63) is 63.6 Å². The largest absolute Gasteiger partial charge is 0.485 e. The van der Waals surface area contributed by atoms with Crippen molar-refractivity contribution in [2.45, 2.75) is 25.2 Å². The van der Waals surface area contributed by atoms with Crippen molar-refractivity contribution < 1.29 is 14.6 Å². The number of aliphatic hydroxyl groups excluding tert-OH is 1. The Morgan fingerprint density at radius 3 is 2.95 bits per heavy atom. The lowest BCUT2D eigenvalue weighted by Crippen LogP contribution is -2.19. The molecule has 4 heteroatoms. The van der Waals surface area contributed by atoms with Crippen LogP contribution in [0.5, 0.6) is 5.75 Å². The van der Waals surface area contributed by atoms with Gasteiger partial charge in [0.1, 0.15) is 11.9 Å². The number of hydrogen-bond donors (Lipinski definition) is 1. The summed E-state index contributed by atoms with van der Waals surface area (Å²) in [6.45, 7) is 0.575. The molecule has 3 rings (SSSR count). The van der Waals surface area contributed by atoms with E-state index in [9.17, 15) is 5.11 Å². The van der Waals surface area contributed by atoms with E-state index in [0.717, 1.165) is 26.9 Å². The average molecular weight is 349 g/mol. The minimum atomic E-state index is -0.502. The van der Waals surface area contributed by atoms with Crippen molar-refractivity contribution in [2.75, 3.05) is 7.11 Å². The predicted molar refractivity (Wildman–Crippen MR) is 84.2 cm³/mol. The summed E-state index contributed by atoms with van der Waals surface area (Å²) in [4.78, 5) is 0. The van der Waals surface area contributed by atoms with E-state index in [-0.39, 0.29) is 6.10 Å². The molecule has 0 spiro atoms. The van der Waals surface area contributed by atoms with E-state index < -0.39 is 6.10 Å². The van der Waals surface area contributed by atoms with Crippen molar-refractivity contribution in [3.8, 4) is 5.75 Å². The zero-order valence-electron chi connectivity index (χ0n) is 11.8. The van der Waals surface area contributed by atoms with E-state index in [1.807, 2.05) is 36.4 Å². The van der Waals surface area contributed by atoms with Gasteiger partial charge in [-0.25, -0.2) is 0 Å². The molecule has 0 saturated heterocycles. The van der Waals surface area contributed by atoms with E-state index in [4.69, 9.17) is 9.47 Å². The Labute approximate surface area is 132 Å². The van der Waals surface area contributed by atoms with Crippen LogP contribution in [0.15, 0.2) is 46.9 Å². The molecule has 1 aliphatic rings. The summed E-state index contributed by atoms with van der Waals surface area (Å²) >= 11 is 3.44. The number of ether oxygens (including phenoxy) is 2. The third-order valence-corrected chi connectivity index (χ3v) is 4.17. The lowest BCUT2D eigenvalue weighted by atomic mass is 9.94. The fourth-order valence-electron chi connectivity index (χ4n) is 2.67. The Morgan fingerprint density at radius 2 is 2.14 bits per heavy atom. The number of hydrogen-bond acceptors (Lipinski definition) is 3. The standard InChI is InChI=1S/C17H17BrO3/c1-20-10-11-3-2-4-12(7-11)16-9-15(19)14-6-5-13(18)8-17(14)21-16/h2-8,15-16,19H,9-10H2,1H3/t15-,16?/m1/s1. The highest BCUT2D eigenvalue weighted by Crippen LogP contribution is 2.41. The Bertz CT molecular complexity index is 642.